The van der Waals surface area contributed by atoms with E-state index in [1.54, 1.807) is 0 Å². The van der Waals surface area contributed by atoms with Gasteiger partial charge >= 0.3 is 0 Å². The number of unbranched alkanes of at least 4 members (excludes halogenated alkanes) is 2. The van der Waals surface area contributed by atoms with Gasteiger partial charge in [-0.15, -0.1) is 10.2 Å². The molecule has 1 aromatic heterocycles. The third kappa shape index (κ3) is 6.81. The Balaban J connectivity index is 1.64. The fourth-order valence-electron chi connectivity index (χ4n) is 3.28. The van der Waals surface area contributed by atoms with Crippen LogP contribution in [0.3, 0.4) is 0 Å². The minimum atomic E-state index is -0.0606. The molecule has 0 spiro atoms. The molecule has 6 nitrogen and oxygen atoms in total. The number of benzene rings is 2. The average Bonchev–Trinajstić information content (AvgIpc) is 3.25. The number of aromatic nitrogens is 2. The summed E-state index contributed by atoms with van der Waals surface area (Å²) in [5.74, 6) is 1.08. The molecule has 3 aromatic rings. The first-order valence-corrected chi connectivity index (χ1v) is 10.5. The smallest absolute Gasteiger partial charge is 0.233 e. The summed E-state index contributed by atoms with van der Waals surface area (Å²) in [5, 5.41) is 9.84. The molecule has 0 aliphatic carbocycles. The van der Waals surface area contributed by atoms with Crippen LogP contribution in [0.25, 0.3) is 0 Å². The van der Waals surface area contributed by atoms with E-state index in [4.69, 9.17) is 9.25 Å². The molecule has 6 heteroatoms. The van der Waals surface area contributed by atoms with Gasteiger partial charge in [0.25, 0.3) is 0 Å². The van der Waals surface area contributed by atoms with Gasteiger partial charge in [-0.1, -0.05) is 86.8 Å². The summed E-state index contributed by atoms with van der Waals surface area (Å²) in [6.07, 6.45) is 5.45. The zero-order chi connectivity index (χ0) is 21.0. The van der Waals surface area contributed by atoms with Crippen molar-refractivity contribution in [2.45, 2.75) is 51.6 Å². The predicted octanol–water partition coefficient (Wildman–Crippen LogP) is 4.91. The van der Waals surface area contributed by atoms with Gasteiger partial charge < -0.3 is 4.42 Å². The number of hydrogen-bond acceptors (Lipinski definition) is 5. The van der Waals surface area contributed by atoms with Crippen LogP contribution in [-0.2, 0) is 22.7 Å². The van der Waals surface area contributed by atoms with Gasteiger partial charge in [0.05, 0.1) is 18.9 Å². The summed E-state index contributed by atoms with van der Waals surface area (Å²) < 4.78 is 5.97. The van der Waals surface area contributed by atoms with Crippen molar-refractivity contribution in [3.8, 4) is 0 Å². The minimum absolute atomic E-state index is 0.0606. The Morgan fingerprint density at radius 1 is 1.00 bits per heavy atom. The molecule has 0 aliphatic rings. The van der Waals surface area contributed by atoms with Crippen molar-refractivity contribution in [1.82, 2.24) is 15.3 Å². The number of carbonyl (C=O) groups excluding carboxylic acids is 1. The summed E-state index contributed by atoms with van der Waals surface area (Å²) in [7, 11) is 0. The maximum atomic E-state index is 11.6. The molecule has 0 fully saturated rings. The fraction of sp³-hybridized carbons (Fsp3) is 0.375. The Labute approximate surface area is 177 Å². The topological polar surface area (TPSA) is 68.5 Å². The second-order valence-corrected chi connectivity index (χ2v) is 7.35. The van der Waals surface area contributed by atoms with E-state index in [2.05, 4.69) is 17.1 Å². The fourth-order valence-corrected chi connectivity index (χ4v) is 3.28. The lowest BCUT2D eigenvalue weighted by Gasteiger charge is -2.21. The van der Waals surface area contributed by atoms with Gasteiger partial charge in [0, 0.05) is 0 Å². The van der Waals surface area contributed by atoms with Gasteiger partial charge in [0.1, 0.15) is 6.61 Å². The molecule has 1 amide bonds. The lowest BCUT2D eigenvalue weighted by atomic mass is 10.0. The van der Waals surface area contributed by atoms with E-state index in [1.165, 1.54) is 5.06 Å². The first-order chi connectivity index (χ1) is 14.8. The molecule has 0 unspecified atom stereocenters. The van der Waals surface area contributed by atoms with Gasteiger partial charge in [-0.25, -0.2) is 5.06 Å². The van der Waals surface area contributed by atoms with E-state index in [0.29, 0.717) is 31.4 Å². The van der Waals surface area contributed by atoms with Crippen LogP contribution in [0.4, 0.5) is 0 Å². The summed E-state index contributed by atoms with van der Waals surface area (Å²) in [5.41, 5.74) is 2.13. The third-order valence-corrected chi connectivity index (χ3v) is 4.94. The number of hydrogen-bond donors (Lipinski definition) is 0. The zero-order valence-electron chi connectivity index (χ0n) is 17.4. The van der Waals surface area contributed by atoms with Gasteiger partial charge in [-0.3, -0.25) is 9.63 Å². The Kier molecular flexibility index (Phi) is 8.60. The first-order valence-electron chi connectivity index (χ1n) is 10.5. The largest absolute Gasteiger partial charge is 0.425 e. The highest BCUT2D eigenvalue weighted by molar-refractivity contribution is 5.45. The van der Waals surface area contributed by atoms with E-state index in [1.807, 2.05) is 60.7 Å². The average molecular weight is 408 g/mol. The van der Waals surface area contributed by atoms with Crippen molar-refractivity contribution < 1.29 is 14.0 Å². The Bertz CT molecular complexity index is 868. The van der Waals surface area contributed by atoms with Gasteiger partial charge in [0.2, 0.25) is 18.2 Å². The molecule has 3 rings (SSSR count). The maximum absolute atomic E-state index is 11.6. The number of nitrogens with zero attached hydrogens (tertiary/aromatic N) is 3. The number of rotatable bonds is 13. The number of carbonyl (C=O) groups is 1. The summed E-state index contributed by atoms with van der Waals surface area (Å²) in [4.78, 5) is 17.3. The molecule has 0 saturated heterocycles. The van der Waals surface area contributed by atoms with Crippen LogP contribution in [0.5, 0.6) is 0 Å². The summed E-state index contributed by atoms with van der Waals surface area (Å²) in [6, 6.07) is 19.8. The van der Waals surface area contributed by atoms with Crippen molar-refractivity contribution in [2.75, 3.05) is 6.54 Å². The monoisotopic (exact) mass is 407 g/mol. The standard InChI is InChI=1S/C24H29N3O3/c1-2-3-6-15-22(17-27(19-28)29-18-21-13-9-5-10-14-21)24-26-25-23(30-24)16-20-11-7-4-8-12-20/h4-5,7-14,19,22H,2-3,6,15-18H2,1H3/t22-/m0/s1. The Morgan fingerprint density at radius 2 is 1.70 bits per heavy atom. The molecule has 0 N–H and O–H groups in total. The van der Waals surface area contributed by atoms with Crippen molar-refractivity contribution in [1.29, 1.82) is 0 Å². The van der Waals surface area contributed by atoms with Gasteiger partial charge in [-0.05, 0) is 17.5 Å². The zero-order valence-corrected chi connectivity index (χ0v) is 17.4. The van der Waals surface area contributed by atoms with E-state index < -0.39 is 0 Å². The SMILES string of the molecule is CCCCC[C@@H](CN(C=O)OCc1ccccc1)c1nnc(Cc2ccccc2)o1. The Morgan fingerprint density at radius 3 is 2.37 bits per heavy atom. The molecule has 1 atom stereocenters. The van der Waals surface area contributed by atoms with Crippen LogP contribution in [0, 0.1) is 0 Å². The van der Waals surface area contributed by atoms with Crippen LogP contribution in [0.15, 0.2) is 65.1 Å². The van der Waals surface area contributed by atoms with Crippen LogP contribution in [0.1, 0.15) is 61.4 Å². The van der Waals surface area contributed by atoms with Crippen LogP contribution in [-0.4, -0.2) is 28.2 Å². The van der Waals surface area contributed by atoms with E-state index in [9.17, 15) is 4.79 Å². The summed E-state index contributed by atoms with van der Waals surface area (Å²) in [6.45, 7) is 2.89. The quantitative estimate of drug-likeness (QED) is 0.229. The highest BCUT2D eigenvalue weighted by atomic mass is 16.7. The van der Waals surface area contributed by atoms with Crippen LogP contribution in [0.2, 0.25) is 0 Å². The molecular weight excluding hydrogens is 378 g/mol. The molecule has 0 radical (unpaired) electrons. The van der Waals surface area contributed by atoms with Crippen molar-refractivity contribution in [3.63, 3.8) is 0 Å². The third-order valence-electron chi connectivity index (χ3n) is 4.94. The minimum Gasteiger partial charge on any atom is -0.425 e. The molecule has 0 saturated carbocycles. The molecule has 30 heavy (non-hydrogen) atoms. The Hall–Kier alpha value is -2.99. The predicted molar refractivity (Wildman–Crippen MR) is 114 cm³/mol. The van der Waals surface area contributed by atoms with Crippen molar-refractivity contribution >= 4 is 6.41 Å². The van der Waals surface area contributed by atoms with Crippen LogP contribution >= 0.6 is 0 Å². The second-order valence-electron chi connectivity index (χ2n) is 7.35. The number of amides is 1. The maximum Gasteiger partial charge on any atom is 0.233 e. The highest BCUT2D eigenvalue weighted by Gasteiger charge is 2.22. The van der Waals surface area contributed by atoms with Crippen LogP contribution < -0.4 is 0 Å². The normalized spacial score (nSPS) is 11.9. The molecule has 0 bridgehead atoms. The van der Waals surface area contributed by atoms with Crippen molar-refractivity contribution in [3.05, 3.63) is 83.6 Å². The second kappa shape index (κ2) is 11.9. The van der Waals surface area contributed by atoms with Crippen molar-refractivity contribution in [2.24, 2.45) is 0 Å². The molecule has 158 valence electrons. The van der Waals surface area contributed by atoms with Gasteiger partial charge in [-0.2, -0.15) is 0 Å². The summed E-state index contributed by atoms with van der Waals surface area (Å²) >= 11 is 0. The van der Waals surface area contributed by atoms with E-state index >= 15 is 0 Å². The van der Waals surface area contributed by atoms with E-state index in [0.717, 1.165) is 43.2 Å². The molecule has 2 aromatic carbocycles. The lowest BCUT2D eigenvalue weighted by Crippen LogP contribution is -2.28. The number of hydroxylamine groups is 2. The molecule has 0 aliphatic heterocycles. The highest BCUT2D eigenvalue weighted by Crippen LogP contribution is 2.24. The molecule has 1 heterocycles. The lowest BCUT2D eigenvalue weighted by molar-refractivity contribution is -0.179. The first kappa shape index (κ1) is 21.7. The van der Waals surface area contributed by atoms with Gasteiger partial charge in [0.15, 0.2) is 0 Å². The molecular formula is C24H29N3O3. The van der Waals surface area contributed by atoms with E-state index in [-0.39, 0.29) is 5.92 Å².